The summed E-state index contributed by atoms with van der Waals surface area (Å²) < 4.78 is 83.4. The summed E-state index contributed by atoms with van der Waals surface area (Å²) in [4.78, 5) is 4.48. The number of fused-ring (bicyclic) bond motifs is 4. The summed E-state index contributed by atoms with van der Waals surface area (Å²) in [6, 6.07) is 13.0. The Morgan fingerprint density at radius 2 is 1.29 bits per heavy atom. The molecule has 4 aromatic rings. The van der Waals surface area contributed by atoms with Crippen molar-refractivity contribution in [3.05, 3.63) is 88.6 Å². The van der Waals surface area contributed by atoms with Crippen molar-refractivity contribution in [2.45, 2.75) is 38.5 Å². The van der Waals surface area contributed by atoms with Crippen LogP contribution in [0.2, 0.25) is 0 Å². The van der Waals surface area contributed by atoms with Crippen LogP contribution in [0.5, 0.6) is 0 Å². The van der Waals surface area contributed by atoms with Gasteiger partial charge in [-0.2, -0.15) is 26.3 Å². The molecule has 0 bridgehead atoms. The Bertz CT molecular complexity index is 1460. The van der Waals surface area contributed by atoms with Crippen LogP contribution in [0.3, 0.4) is 0 Å². The van der Waals surface area contributed by atoms with Gasteiger partial charge in [0.05, 0.1) is 11.3 Å². The van der Waals surface area contributed by atoms with E-state index < -0.39 is 23.3 Å². The van der Waals surface area contributed by atoms with Gasteiger partial charge in [-0.1, -0.05) is 30.3 Å². The molecule has 3 aromatic carbocycles. The predicted octanol–water partition coefficient (Wildman–Crippen LogP) is 8.39. The highest BCUT2D eigenvalue weighted by molar-refractivity contribution is 5.91. The van der Waals surface area contributed by atoms with Gasteiger partial charge < -0.3 is 0 Å². The molecule has 174 valence electrons. The number of pyridine rings is 1. The molecule has 34 heavy (non-hydrogen) atoms. The molecular weight excluding hydrogens is 452 g/mol. The molecule has 0 spiro atoms. The Hall–Kier alpha value is -3.35. The van der Waals surface area contributed by atoms with Crippen LogP contribution < -0.4 is 0 Å². The summed E-state index contributed by atoms with van der Waals surface area (Å²) in [5.41, 5.74) is -0.690. The van der Waals surface area contributed by atoms with E-state index in [4.69, 9.17) is 0 Å². The fourth-order valence-corrected chi connectivity index (χ4v) is 4.86. The molecule has 0 aliphatic heterocycles. The number of aromatic nitrogens is 1. The molecule has 1 heterocycles. The first kappa shape index (κ1) is 22.4. The first-order valence-electron chi connectivity index (χ1n) is 10.6. The molecule has 1 atom stereocenters. The standard InChI is InChI=1S/C27H19F6N/c1-14-4-5-15(2)21-13-34-24(12-20(14)21)16-6-8-18-19-9-7-17(26(28,29)30)11-23(19)25(3,22(18)10-16)27(31,32)33/h4-13H,1-3H3. The lowest BCUT2D eigenvalue weighted by Gasteiger charge is -2.30. The maximum absolute atomic E-state index is 14.5. The van der Waals surface area contributed by atoms with Gasteiger partial charge in [-0.05, 0) is 83.8 Å². The first-order chi connectivity index (χ1) is 15.8. The number of benzene rings is 3. The van der Waals surface area contributed by atoms with Crippen molar-refractivity contribution in [1.82, 2.24) is 4.98 Å². The van der Waals surface area contributed by atoms with E-state index in [1.165, 1.54) is 6.07 Å². The minimum Gasteiger partial charge on any atom is -0.256 e. The molecule has 0 fully saturated rings. The molecule has 0 N–H and O–H groups in total. The third-order valence-corrected chi connectivity index (χ3v) is 6.93. The van der Waals surface area contributed by atoms with E-state index in [2.05, 4.69) is 4.98 Å². The van der Waals surface area contributed by atoms with E-state index in [1.54, 1.807) is 18.3 Å². The van der Waals surface area contributed by atoms with Crippen LogP contribution in [0.15, 0.2) is 60.8 Å². The molecule has 0 radical (unpaired) electrons. The van der Waals surface area contributed by atoms with Crippen LogP contribution in [0.4, 0.5) is 26.3 Å². The molecule has 1 aliphatic carbocycles. The lowest BCUT2D eigenvalue weighted by molar-refractivity contribution is -0.172. The molecule has 1 aromatic heterocycles. The van der Waals surface area contributed by atoms with Gasteiger partial charge in [0.25, 0.3) is 0 Å². The van der Waals surface area contributed by atoms with Crippen molar-refractivity contribution in [1.29, 1.82) is 0 Å². The van der Waals surface area contributed by atoms with Gasteiger partial charge in [-0.25, -0.2) is 0 Å². The summed E-state index contributed by atoms with van der Waals surface area (Å²) in [6.45, 7) is 4.85. The van der Waals surface area contributed by atoms with Crippen molar-refractivity contribution in [2.24, 2.45) is 0 Å². The van der Waals surface area contributed by atoms with Gasteiger partial charge in [-0.15, -0.1) is 0 Å². The molecule has 1 aliphatic rings. The number of hydrogen-bond donors (Lipinski definition) is 0. The average Bonchev–Trinajstić information content (AvgIpc) is 3.04. The fraction of sp³-hybridized carbons (Fsp3) is 0.222. The van der Waals surface area contributed by atoms with E-state index in [-0.39, 0.29) is 22.3 Å². The minimum atomic E-state index is -4.81. The van der Waals surface area contributed by atoms with Crippen LogP contribution in [-0.2, 0) is 11.6 Å². The van der Waals surface area contributed by atoms with Crippen LogP contribution >= 0.6 is 0 Å². The zero-order valence-electron chi connectivity index (χ0n) is 18.5. The molecule has 5 rings (SSSR count). The fourth-order valence-electron chi connectivity index (χ4n) is 4.86. The number of aryl methyl sites for hydroxylation is 2. The highest BCUT2D eigenvalue weighted by atomic mass is 19.4. The molecule has 7 heteroatoms. The summed E-state index contributed by atoms with van der Waals surface area (Å²) in [7, 11) is 0. The van der Waals surface area contributed by atoms with Gasteiger partial charge in [0.1, 0.15) is 5.41 Å². The van der Waals surface area contributed by atoms with E-state index in [0.29, 0.717) is 17.3 Å². The molecule has 1 nitrogen and oxygen atoms in total. The number of alkyl halides is 6. The van der Waals surface area contributed by atoms with Gasteiger partial charge in [0.15, 0.2) is 0 Å². The zero-order chi connectivity index (χ0) is 24.6. The maximum atomic E-state index is 14.5. The van der Waals surface area contributed by atoms with E-state index in [9.17, 15) is 26.3 Å². The maximum Gasteiger partial charge on any atom is 0.416 e. The van der Waals surface area contributed by atoms with E-state index in [1.807, 2.05) is 32.0 Å². The molecule has 0 amide bonds. The number of rotatable bonds is 1. The summed E-state index contributed by atoms with van der Waals surface area (Å²) in [5, 5.41) is 1.90. The highest BCUT2D eigenvalue weighted by Crippen LogP contribution is 2.57. The van der Waals surface area contributed by atoms with E-state index >= 15 is 0 Å². The molecular formula is C27H19F6N. The number of hydrogen-bond acceptors (Lipinski definition) is 1. The van der Waals surface area contributed by atoms with Crippen LogP contribution in [0, 0.1) is 13.8 Å². The smallest absolute Gasteiger partial charge is 0.256 e. The second kappa shape index (κ2) is 7.08. The Morgan fingerprint density at radius 1 is 0.706 bits per heavy atom. The molecule has 0 saturated heterocycles. The minimum absolute atomic E-state index is 0.0744. The first-order valence-corrected chi connectivity index (χ1v) is 10.6. The van der Waals surface area contributed by atoms with Gasteiger partial charge in [-0.3, -0.25) is 4.98 Å². The third-order valence-electron chi connectivity index (χ3n) is 6.93. The largest absolute Gasteiger partial charge is 0.416 e. The normalized spacial score (nSPS) is 17.7. The van der Waals surface area contributed by atoms with Crippen molar-refractivity contribution in [3.8, 4) is 22.4 Å². The lowest BCUT2D eigenvalue weighted by atomic mass is 9.78. The quantitative estimate of drug-likeness (QED) is 0.254. The second-order valence-corrected chi connectivity index (χ2v) is 8.96. The Balaban J connectivity index is 1.73. The van der Waals surface area contributed by atoms with Crippen molar-refractivity contribution in [2.75, 3.05) is 0 Å². The van der Waals surface area contributed by atoms with Crippen molar-refractivity contribution in [3.63, 3.8) is 0 Å². The van der Waals surface area contributed by atoms with Gasteiger partial charge in [0, 0.05) is 17.1 Å². The van der Waals surface area contributed by atoms with Crippen LogP contribution in [0.25, 0.3) is 33.2 Å². The SMILES string of the molecule is Cc1ccc(C)c2cc(-c3ccc4c(c3)C(C)(C(F)(F)F)c3cc(C(F)(F)F)ccc3-4)ncc12. The number of halogens is 6. The van der Waals surface area contributed by atoms with E-state index in [0.717, 1.165) is 41.0 Å². The van der Waals surface area contributed by atoms with Crippen molar-refractivity contribution < 1.29 is 26.3 Å². The summed E-state index contributed by atoms with van der Waals surface area (Å²) in [6.07, 6.45) is -7.85. The monoisotopic (exact) mass is 471 g/mol. The Labute approximate surface area is 192 Å². The Morgan fingerprint density at radius 3 is 1.91 bits per heavy atom. The highest BCUT2D eigenvalue weighted by Gasteiger charge is 2.58. The van der Waals surface area contributed by atoms with Gasteiger partial charge in [0.2, 0.25) is 0 Å². The average molecular weight is 471 g/mol. The summed E-state index contributed by atoms with van der Waals surface area (Å²) >= 11 is 0. The van der Waals surface area contributed by atoms with Gasteiger partial charge >= 0.3 is 12.4 Å². The Kier molecular flexibility index (Phi) is 4.67. The van der Waals surface area contributed by atoms with Crippen LogP contribution in [-0.4, -0.2) is 11.2 Å². The molecule has 1 unspecified atom stereocenters. The summed E-state index contributed by atoms with van der Waals surface area (Å²) in [5.74, 6) is 0. The predicted molar refractivity (Wildman–Crippen MR) is 120 cm³/mol. The number of nitrogens with zero attached hydrogens (tertiary/aromatic N) is 1. The zero-order valence-corrected chi connectivity index (χ0v) is 18.5. The van der Waals surface area contributed by atoms with Crippen molar-refractivity contribution >= 4 is 10.8 Å². The third kappa shape index (κ3) is 3.13. The van der Waals surface area contributed by atoms with Crippen LogP contribution in [0.1, 0.15) is 34.7 Å². The topological polar surface area (TPSA) is 12.9 Å². The lowest BCUT2D eigenvalue weighted by Crippen LogP contribution is -2.39. The second-order valence-electron chi connectivity index (χ2n) is 8.96. The molecule has 0 saturated carbocycles.